The Morgan fingerprint density at radius 1 is 1.58 bits per heavy atom. The van der Waals surface area contributed by atoms with E-state index < -0.39 is 0 Å². The molecule has 0 aliphatic rings. The third-order valence-corrected chi connectivity index (χ3v) is 2.36. The molecule has 1 unspecified atom stereocenters. The first-order valence-electron chi connectivity index (χ1n) is 3.96. The summed E-state index contributed by atoms with van der Waals surface area (Å²) in [5.41, 5.74) is 0. The number of carbonyl (C=O) groups excluding carboxylic acids is 1. The Hall–Kier alpha value is -0.220. The highest BCUT2D eigenvalue weighted by molar-refractivity contribution is 7.99. The van der Waals surface area contributed by atoms with Gasteiger partial charge in [0.15, 0.2) is 0 Å². The fourth-order valence-electron chi connectivity index (χ4n) is 0.625. The number of methoxy groups -OCH3 is 1. The maximum Gasteiger partial charge on any atom is 0.306 e. The van der Waals surface area contributed by atoms with Gasteiger partial charge in [0, 0.05) is 11.9 Å². The van der Waals surface area contributed by atoms with E-state index in [1.807, 2.05) is 13.8 Å². The van der Waals surface area contributed by atoms with Crippen LogP contribution in [0.15, 0.2) is 0 Å². The molecule has 0 amide bonds. The second-order valence-electron chi connectivity index (χ2n) is 2.37. The molecule has 0 spiro atoms. The molecule has 0 fully saturated rings. The second kappa shape index (κ2) is 7.43. The zero-order valence-electron chi connectivity index (χ0n) is 7.83. The largest absolute Gasteiger partial charge is 0.469 e. The summed E-state index contributed by atoms with van der Waals surface area (Å²) in [5, 5.41) is 0.268. The van der Waals surface area contributed by atoms with Crippen LogP contribution in [-0.4, -0.2) is 30.9 Å². The van der Waals surface area contributed by atoms with E-state index in [1.165, 1.54) is 7.11 Å². The summed E-state index contributed by atoms with van der Waals surface area (Å²) >= 11 is 1.62. The van der Waals surface area contributed by atoms with Crippen molar-refractivity contribution in [3.8, 4) is 0 Å². The summed E-state index contributed by atoms with van der Waals surface area (Å²) in [4.78, 5) is 10.8. The minimum atomic E-state index is -0.161. The summed E-state index contributed by atoms with van der Waals surface area (Å²) in [6.45, 7) is 4.66. The molecule has 0 saturated heterocycles. The molecule has 0 heterocycles. The van der Waals surface area contributed by atoms with Crippen LogP contribution in [0.4, 0.5) is 0 Å². The average molecular weight is 192 g/mol. The normalized spacial score (nSPS) is 12.6. The number of thioether (sulfide) groups is 1. The molecule has 0 aromatic carbocycles. The lowest BCUT2D eigenvalue weighted by Gasteiger charge is -2.08. The van der Waals surface area contributed by atoms with Crippen LogP contribution in [-0.2, 0) is 14.3 Å². The van der Waals surface area contributed by atoms with Gasteiger partial charge in [-0.1, -0.05) is 6.92 Å². The summed E-state index contributed by atoms with van der Waals surface area (Å²) in [6.07, 6.45) is 0.453. The smallest absolute Gasteiger partial charge is 0.306 e. The molecular formula is C8H16O3S. The molecule has 3 nitrogen and oxygen atoms in total. The Balaban J connectivity index is 3.32. The Kier molecular flexibility index (Phi) is 7.29. The first-order chi connectivity index (χ1) is 5.70. The topological polar surface area (TPSA) is 35.5 Å². The quantitative estimate of drug-likeness (QED) is 0.364. The van der Waals surface area contributed by atoms with Crippen molar-refractivity contribution in [1.29, 1.82) is 0 Å². The molecule has 1 atom stereocenters. The standard InChI is InChI=1S/C8H16O3S/c1-4-11-6-12-7(2)5-8(9)10-3/h7H,4-6H2,1-3H3. The van der Waals surface area contributed by atoms with E-state index in [0.717, 1.165) is 6.61 Å². The van der Waals surface area contributed by atoms with E-state index in [4.69, 9.17) is 4.74 Å². The van der Waals surface area contributed by atoms with E-state index >= 15 is 0 Å². The van der Waals surface area contributed by atoms with Gasteiger partial charge in [0.25, 0.3) is 0 Å². The molecular weight excluding hydrogens is 176 g/mol. The third kappa shape index (κ3) is 6.49. The summed E-state index contributed by atoms with van der Waals surface area (Å²) < 4.78 is 9.66. The van der Waals surface area contributed by atoms with Gasteiger partial charge in [0.1, 0.15) is 0 Å². The van der Waals surface area contributed by atoms with E-state index in [2.05, 4.69) is 4.74 Å². The highest BCUT2D eigenvalue weighted by Crippen LogP contribution is 2.14. The molecule has 0 aliphatic heterocycles. The number of hydrogen-bond acceptors (Lipinski definition) is 4. The zero-order chi connectivity index (χ0) is 9.40. The summed E-state index contributed by atoms with van der Waals surface area (Å²) in [6, 6.07) is 0. The van der Waals surface area contributed by atoms with Crippen LogP contribution in [0.2, 0.25) is 0 Å². The SMILES string of the molecule is CCOCSC(C)CC(=O)OC. The lowest BCUT2D eigenvalue weighted by atomic mass is 10.3. The number of hydrogen-bond donors (Lipinski definition) is 0. The molecule has 12 heavy (non-hydrogen) atoms. The van der Waals surface area contributed by atoms with Crippen molar-refractivity contribution in [3.63, 3.8) is 0 Å². The predicted octanol–water partition coefficient (Wildman–Crippen LogP) is 1.67. The van der Waals surface area contributed by atoms with Gasteiger partial charge in [-0.3, -0.25) is 4.79 Å². The number of esters is 1. The molecule has 0 radical (unpaired) electrons. The first kappa shape index (κ1) is 11.8. The van der Waals surface area contributed by atoms with Crippen LogP contribution in [0.5, 0.6) is 0 Å². The number of carbonyl (C=O) groups is 1. The Labute approximate surface area is 77.8 Å². The second-order valence-corrected chi connectivity index (χ2v) is 3.74. The maximum atomic E-state index is 10.8. The lowest BCUT2D eigenvalue weighted by molar-refractivity contribution is -0.140. The number of rotatable bonds is 6. The van der Waals surface area contributed by atoms with Gasteiger partial charge >= 0.3 is 5.97 Å². The van der Waals surface area contributed by atoms with Crippen molar-refractivity contribution in [1.82, 2.24) is 0 Å². The monoisotopic (exact) mass is 192 g/mol. The van der Waals surface area contributed by atoms with Gasteiger partial charge in [0.2, 0.25) is 0 Å². The average Bonchev–Trinajstić information content (AvgIpc) is 2.05. The van der Waals surface area contributed by atoms with Gasteiger partial charge in [-0.2, -0.15) is 0 Å². The van der Waals surface area contributed by atoms with Crippen LogP contribution in [0, 0.1) is 0 Å². The van der Waals surface area contributed by atoms with E-state index in [9.17, 15) is 4.79 Å². The van der Waals surface area contributed by atoms with Crippen LogP contribution < -0.4 is 0 Å². The van der Waals surface area contributed by atoms with E-state index in [-0.39, 0.29) is 11.2 Å². The Morgan fingerprint density at radius 2 is 2.25 bits per heavy atom. The summed E-state index contributed by atoms with van der Waals surface area (Å²) in [5.74, 6) is 0.487. The van der Waals surface area contributed by atoms with Crippen LogP contribution in [0.25, 0.3) is 0 Å². The Morgan fingerprint density at radius 3 is 2.75 bits per heavy atom. The Bertz CT molecular complexity index is 127. The predicted molar refractivity (Wildman–Crippen MR) is 50.2 cm³/mol. The van der Waals surface area contributed by atoms with Crippen molar-refractivity contribution >= 4 is 17.7 Å². The highest BCUT2D eigenvalue weighted by atomic mass is 32.2. The minimum absolute atomic E-state index is 0.161. The fourth-order valence-corrected chi connectivity index (χ4v) is 1.37. The minimum Gasteiger partial charge on any atom is -0.469 e. The van der Waals surface area contributed by atoms with Gasteiger partial charge in [0.05, 0.1) is 19.5 Å². The molecule has 0 aliphatic carbocycles. The highest BCUT2D eigenvalue weighted by Gasteiger charge is 2.08. The van der Waals surface area contributed by atoms with Crippen LogP contribution in [0.3, 0.4) is 0 Å². The summed E-state index contributed by atoms with van der Waals surface area (Å²) in [7, 11) is 1.41. The van der Waals surface area contributed by atoms with Gasteiger partial charge in [-0.15, -0.1) is 11.8 Å². The van der Waals surface area contributed by atoms with Crippen molar-refractivity contribution in [2.45, 2.75) is 25.5 Å². The van der Waals surface area contributed by atoms with Crippen LogP contribution >= 0.6 is 11.8 Å². The molecule has 4 heteroatoms. The molecule has 0 aromatic rings. The number of ether oxygens (including phenoxy) is 2. The van der Waals surface area contributed by atoms with E-state index in [1.54, 1.807) is 11.8 Å². The zero-order valence-corrected chi connectivity index (χ0v) is 8.65. The van der Waals surface area contributed by atoms with E-state index in [0.29, 0.717) is 12.4 Å². The van der Waals surface area contributed by atoms with Crippen molar-refractivity contribution in [2.75, 3.05) is 19.7 Å². The molecule has 72 valence electrons. The van der Waals surface area contributed by atoms with Gasteiger partial charge in [-0.05, 0) is 6.92 Å². The lowest BCUT2D eigenvalue weighted by Crippen LogP contribution is -2.09. The molecule has 0 bridgehead atoms. The molecule has 0 rings (SSSR count). The third-order valence-electron chi connectivity index (χ3n) is 1.32. The van der Waals surface area contributed by atoms with Crippen molar-refractivity contribution in [3.05, 3.63) is 0 Å². The van der Waals surface area contributed by atoms with Gasteiger partial charge in [-0.25, -0.2) is 0 Å². The van der Waals surface area contributed by atoms with Crippen molar-refractivity contribution in [2.24, 2.45) is 0 Å². The maximum absolute atomic E-state index is 10.8. The molecule has 0 saturated carbocycles. The first-order valence-corrected chi connectivity index (χ1v) is 5.01. The fraction of sp³-hybridized carbons (Fsp3) is 0.875. The van der Waals surface area contributed by atoms with Crippen LogP contribution in [0.1, 0.15) is 20.3 Å². The van der Waals surface area contributed by atoms with Crippen molar-refractivity contribution < 1.29 is 14.3 Å². The molecule has 0 aromatic heterocycles. The molecule has 0 N–H and O–H groups in total. The van der Waals surface area contributed by atoms with Gasteiger partial charge < -0.3 is 9.47 Å².